The normalized spacial score (nSPS) is 13.3. The van der Waals surface area contributed by atoms with Gasteiger partial charge in [0.05, 0.1) is 35.8 Å². The van der Waals surface area contributed by atoms with Crippen molar-refractivity contribution in [1.82, 2.24) is 49.9 Å². The Bertz CT molecular complexity index is 2420. The van der Waals surface area contributed by atoms with Crippen molar-refractivity contribution in [1.29, 1.82) is 0 Å². The fourth-order valence-electron chi connectivity index (χ4n) is 7.14. The van der Waals surface area contributed by atoms with Gasteiger partial charge in [-0.25, -0.2) is 15.0 Å². The van der Waals surface area contributed by atoms with Crippen LogP contribution in [0.25, 0.3) is 22.2 Å². The first-order chi connectivity index (χ1) is 28.7. The molecule has 1 aliphatic rings. The van der Waals surface area contributed by atoms with E-state index in [4.69, 9.17) is 4.74 Å². The molecule has 1 fully saturated rings. The van der Waals surface area contributed by atoms with Gasteiger partial charge in [-0.3, -0.25) is 24.3 Å². The molecule has 5 aromatic heterocycles. The van der Waals surface area contributed by atoms with Crippen LogP contribution in [0.3, 0.4) is 0 Å². The van der Waals surface area contributed by atoms with Crippen molar-refractivity contribution in [2.45, 2.75) is 45.7 Å². The van der Waals surface area contributed by atoms with Crippen LogP contribution < -0.4 is 25.8 Å². The molecule has 15 heteroatoms. The van der Waals surface area contributed by atoms with Crippen LogP contribution in [-0.2, 0) is 19.5 Å². The Kier molecular flexibility index (Phi) is 13.5. The molecule has 1 aromatic carbocycles. The van der Waals surface area contributed by atoms with E-state index in [9.17, 15) is 14.4 Å². The van der Waals surface area contributed by atoms with Gasteiger partial charge in [-0.05, 0) is 87.8 Å². The number of hydrogen-bond donors (Lipinski definition) is 3. The third-order valence-electron chi connectivity index (χ3n) is 10.6. The summed E-state index contributed by atoms with van der Waals surface area (Å²) in [7, 11) is 4.03. The average Bonchev–Trinajstić information content (AvgIpc) is 3.65. The summed E-state index contributed by atoms with van der Waals surface area (Å²) < 4.78 is 7.97. The molecule has 0 spiro atoms. The van der Waals surface area contributed by atoms with E-state index in [1.54, 1.807) is 24.7 Å². The molecule has 1 saturated heterocycles. The number of rotatable bonds is 18. The predicted octanol–water partition coefficient (Wildman–Crippen LogP) is 4.27. The Labute approximate surface area is 343 Å². The van der Waals surface area contributed by atoms with Crippen molar-refractivity contribution < 1.29 is 14.3 Å². The number of para-hydroxylation sites is 1. The fourth-order valence-corrected chi connectivity index (χ4v) is 7.14. The molecule has 6 heterocycles. The number of imidazole rings is 1. The topological polar surface area (TPSA) is 166 Å². The molecule has 0 radical (unpaired) electrons. The second-order valence-corrected chi connectivity index (χ2v) is 15.2. The number of unbranched alkanes of at least 4 members (excludes halogenated alkanes) is 2. The zero-order chi connectivity index (χ0) is 41.1. The first-order valence-corrected chi connectivity index (χ1v) is 20.4. The number of likely N-dealkylation sites (N-methyl/N-ethyl adjacent to an activating group) is 1. The van der Waals surface area contributed by atoms with E-state index >= 15 is 0 Å². The maximum absolute atomic E-state index is 13.0. The van der Waals surface area contributed by atoms with Crippen LogP contribution in [0, 0.1) is 0 Å². The van der Waals surface area contributed by atoms with Crippen molar-refractivity contribution in [2.75, 3.05) is 71.4 Å². The maximum Gasteiger partial charge on any atom is 0.269 e. The van der Waals surface area contributed by atoms with Crippen LogP contribution in [-0.4, -0.2) is 118 Å². The molecular weight excluding hydrogens is 747 g/mol. The van der Waals surface area contributed by atoms with E-state index in [0.717, 1.165) is 97.7 Å². The van der Waals surface area contributed by atoms with Crippen LogP contribution in [0.5, 0.6) is 5.75 Å². The maximum atomic E-state index is 13.0. The van der Waals surface area contributed by atoms with E-state index in [-0.39, 0.29) is 17.4 Å². The Morgan fingerprint density at radius 1 is 0.814 bits per heavy atom. The van der Waals surface area contributed by atoms with Gasteiger partial charge >= 0.3 is 0 Å². The Balaban J connectivity index is 0.796. The molecule has 7 rings (SSSR count). The summed E-state index contributed by atoms with van der Waals surface area (Å²) in [6.07, 6.45) is 8.47. The number of fused-ring (bicyclic) bond motifs is 2. The minimum absolute atomic E-state index is 0.0505. The van der Waals surface area contributed by atoms with Crippen LogP contribution in [0.15, 0.2) is 84.2 Å². The fraction of sp³-hybridized carbons (Fsp3) is 0.386. The number of ether oxygens (including phenoxy) is 1. The van der Waals surface area contributed by atoms with Gasteiger partial charge in [0.2, 0.25) is 0 Å². The smallest absolute Gasteiger partial charge is 0.269 e. The predicted molar refractivity (Wildman–Crippen MR) is 229 cm³/mol. The first kappa shape index (κ1) is 41.0. The second kappa shape index (κ2) is 19.5. The molecule has 3 N–H and O–H groups in total. The number of aryl methyl sites for hydroxylation is 1. The molecule has 2 amide bonds. The lowest BCUT2D eigenvalue weighted by molar-refractivity contribution is 0.0943. The monoisotopic (exact) mass is 799 g/mol. The third kappa shape index (κ3) is 10.7. The number of benzene rings is 1. The number of nitrogens with zero attached hydrogens (tertiary/aromatic N) is 8. The van der Waals surface area contributed by atoms with E-state index < -0.39 is 0 Å². The number of aromatic nitrogens is 6. The molecular formula is C44H53N11O4. The van der Waals surface area contributed by atoms with Crippen molar-refractivity contribution in [3.05, 3.63) is 118 Å². The van der Waals surface area contributed by atoms with Gasteiger partial charge in [-0.15, -0.1) is 0 Å². The molecule has 59 heavy (non-hydrogen) atoms. The minimum Gasteiger partial charge on any atom is -0.492 e. The largest absolute Gasteiger partial charge is 0.492 e. The quantitative estimate of drug-likeness (QED) is 0.106. The van der Waals surface area contributed by atoms with Gasteiger partial charge in [-0.2, -0.15) is 0 Å². The van der Waals surface area contributed by atoms with Crippen LogP contribution in [0.4, 0.5) is 5.69 Å². The number of nitrogens with one attached hydrogen (secondary N) is 3. The van der Waals surface area contributed by atoms with E-state index in [0.29, 0.717) is 55.2 Å². The van der Waals surface area contributed by atoms with E-state index in [2.05, 4.69) is 50.3 Å². The third-order valence-corrected chi connectivity index (χ3v) is 10.6. The minimum atomic E-state index is -0.236. The molecule has 15 nitrogen and oxygen atoms in total. The second-order valence-electron chi connectivity index (χ2n) is 15.2. The summed E-state index contributed by atoms with van der Waals surface area (Å²) in [5, 5.41) is 5.94. The SMILES string of the molecule is CCc1cc2ncc(CN3CCN(c4ccc(C(=O)NCCCCCNC(=O)c5ccc6ncn(Cc7ccccc7OCCN(C)C)c6n5)nc4)CC3)cc2[nH]c1=O. The van der Waals surface area contributed by atoms with Gasteiger partial charge in [-0.1, -0.05) is 25.1 Å². The standard InChI is InChI=1S/C44H53N11O4/c1-4-32-25-38-39(51-42(32)56)24-31(26-47-38)28-53-18-20-54(21-19-53)34-12-13-36(48-27-34)43(57)45-16-8-5-9-17-46-44(58)37-15-14-35-41(50-37)55(30-49-35)29-33-10-6-7-11-40(33)59-23-22-52(2)3/h6-7,10-15,24-27,30H,4-5,8-9,16-23,28-29H2,1-3H3,(H,45,57)(H,46,58)(H,51,56). The van der Waals surface area contributed by atoms with Crippen molar-refractivity contribution in [3.8, 4) is 5.75 Å². The molecule has 0 atom stereocenters. The number of pyridine rings is 4. The Hall–Kier alpha value is -6.19. The molecule has 0 aliphatic carbocycles. The molecule has 6 aromatic rings. The summed E-state index contributed by atoms with van der Waals surface area (Å²) in [5.74, 6) is 0.379. The highest BCUT2D eigenvalue weighted by molar-refractivity contribution is 5.94. The van der Waals surface area contributed by atoms with E-state index in [1.165, 1.54) is 0 Å². The summed E-state index contributed by atoms with van der Waals surface area (Å²) in [4.78, 5) is 66.0. The van der Waals surface area contributed by atoms with Gasteiger partial charge in [0.1, 0.15) is 29.3 Å². The number of carbonyl (C=O) groups is 2. The summed E-state index contributed by atoms with van der Waals surface area (Å²) in [6, 6.07) is 19.1. The lowest BCUT2D eigenvalue weighted by atomic mass is 10.1. The summed E-state index contributed by atoms with van der Waals surface area (Å²) in [6.45, 7) is 9.09. The van der Waals surface area contributed by atoms with Crippen molar-refractivity contribution in [3.63, 3.8) is 0 Å². The highest BCUT2D eigenvalue weighted by Gasteiger charge is 2.19. The van der Waals surface area contributed by atoms with Gasteiger partial charge in [0, 0.05) is 69.7 Å². The van der Waals surface area contributed by atoms with Gasteiger partial charge < -0.3 is 34.7 Å². The van der Waals surface area contributed by atoms with Crippen LogP contribution >= 0.6 is 0 Å². The Morgan fingerprint density at radius 3 is 2.32 bits per heavy atom. The summed E-state index contributed by atoms with van der Waals surface area (Å²) >= 11 is 0. The Morgan fingerprint density at radius 2 is 1.58 bits per heavy atom. The van der Waals surface area contributed by atoms with Gasteiger partial charge in [0.25, 0.3) is 17.4 Å². The van der Waals surface area contributed by atoms with Gasteiger partial charge in [0.15, 0.2) is 5.65 Å². The summed E-state index contributed by atoms with van der Waals surface area (Å²) in [5.41, 5.74) is 7.41. The molecule has 308 valence electrons. The number of aromatic amines is 1. The molecule has 1 aliphatic heterocycles. The average molecular weight is 800 g/mol. The number of anilines is 1. The lowest BCUT2D eigenvalue weighted by Crippen LogP contribution is -2.46. The molecule has 0 unspecified atom stereocenters. The number of H-pyrrole nitrogens is 1. The van der Waals surface area contributed by atoms with Crippen LogP contribution in [0.2, 0.25) is 0 Å². The number of piperazine rings is 1. The van der Waals surface area contributed by atoms with E-state index in [1.807, 2.05) is 80.3 Å². The zero-order valence-electron chi connectivity index (χ0n) is 34.1. The zero-order valence-corrected chi connectivity index (χ0v) is 34.1. The lowest BCUT2D eigenvalue weighted by Gasteiger charge is -2.36. The number of amides is 2. The first-order valence-electron chi connectivity index (χ1n) is 20.4. The highest BCUT2D eigenvalue weighted by Crippen LogP contribution is 2.22. The molecule has 0 bridgehead atoms. The molecule has 0 saturated carbocycles. The van der Waals surface area contributed by atoms with Crippen molar-refractivity contribution >= 4 is 39.7 Å². The number of carbonyl (C=O) groups excluding carboxylic acids is 2. The number of hydrogen-bond acceptors (Lipinski definition) is 11. The highest BCUT2D eigenvalue weighted by atomic mass is 16.5. The van der Waals surface area contributed by atoms with Crippen molar-refractivity contribution in [2.24, 2.45) is 0 Å². The van der Waals surface area contributed by atoms with Crippen LogP contribution in [0.1, 0.15) is 63.9 Å².